The second-order valence-corrected chi connectivity index (χ2v) is 6.25. The van der Waals surface area contributed by atoms with Crippen molar-refractivity contribution >= 4 is 5.78 Å². The lowest BCUT2D eigenvalue weighted by Gasteiger charge is -2.34. The van der Waals surface area contributed by atoms with Gasteiger partial charge in [-0.1, -0.05) is 50.6 Å². The number of aryl methyl sites for hydroxylation is 1. The average Bonchev–Trinajstić information content (AvgIpc) is 2.27. The molecule has 0 saturated carbocycles. The molecular weight excluding hydrogens is 222 g/mol. The van der Waals surface area contributed by atoms with Gasteiger partial charge in [-0.05, 0) is 26.3 Å². The minimum Gasteiger partial charge on any atom is -0.296 e. The van der Waals surface area contributed by atoms with Crippen LogP contribution in [-0.4, -0.2) is 30.3 Å². The summed E-state index contributed by atoms with van der Waals surface area (Å²) in [6.45, 7) is 11.3. The van der Waals surface area contributed by atoms with Crippen molar-refractivity contribution in [1.82, 2.24) is 4.90 Å². The molecule has 0 amide bonds. The molecule has 1 atom stereocenters. The molecule has 0 bridgehead atoms. The van der Waals surface area contributed by atoms with Crippen LogP contribution in [0, 0.1) is 12.3 Å². The quantitative estimate of drug-likeness (QED) is 0.758. The number of carbonyl (C=O) groups excluding carboxylic acids is 1. The molecule has 0 spiro atoms. The highest BCUT2D eigenvalue weighted by atomic mass is 16.1. The smallest absolute Gasteiger partial charge is 0.176 e. The van der Waals surface area contributed by atoms with Crippen LogP contribution in [0.4, 0.5) is 0 Å². The number of likely N-dealkylation sites (N-methyl/N-ethyl adjacent to an activating group) is 1. The summed E-state index contributed by atoms with van der Waals surface area (Å²) < 4.78 is 0. The summed E-state index contributed by atoms with van der Waals surface area (Å²) in [6, 6.07) is 8.16. The summed E-state index contributed by atoms with van der Waals surface area (Å²) in [4.78, 5) is 14.3. The van der Waals surface area contributed by atoms with Crippen LogP contribution in [0.2, 0.25) is 0 Å². The number of nitrogens with zero attached hydrogens (tertiary/aromatic N) is 1. The highest BCUT2D eigenvalue weighted by Gasteiger charge is 2.25. The Morgan fingerprint density at radius 3 is 2.17 bits per heavy atom. The molecule has 100 valence electrons. The van der Waals surface area contributed by atoms with E-state index in [1.807, 2.05) is 38.2 Å². The van der Waals surface area contributed by atoms with Crippen molar-refractivity contribution in [2.24, 2.45) is 5.41 Å². The maximum atomic E-state index is 12.2. The zero-order valence-corrected chi connectivity index (χ0v) is 12.4. The van der Waals surface area contributed by atoms with Crippen molar-refractivity contribution < 1.29 is 4.79 Å². The van der Waals surface area contributed by atoms with Gasteiger partial charge in [-0.15, -0.1) is 0 Å². The minimum atomic E-state index is 0.183. The molecule has 0 aliphatic rings. The SMILES string of the molecule is Cc1ccc(C(=O)CN(C)C(C)C(C)(C)C)cc1. The van der Waals surface area contributed by atoms with E-state index in [9.17, 15) is 4.79 Å². The minimum absolute atomic E-state index is 0.183. The average molecular weight is 247 g/mol. The molecule has 0 heterocycles. The Bertz CT molecular complexity index is 400. The van der Waals surface area contributed by atoms with Gasteiger partial charge in [0.25, 0.3) is 0 Å². The first-order chi connectivity index (χ1) is 8.21. The van der Waals surface area contributed by atoms with Crippen LogP contribution in [0.25, 0.3) is 0 Å². The van der Waals surface area contributed by atoms with E-state index in [1.54, 1.807) is 0 Å². The van der Waals surface area contributed by atoms with E-state index in [1.165, 1.54) is 5.56 Å². The number of benzene rings is 1. The third-order valence-electron chi connectivity index (χ3n) is 3.68. The molecule has 0 fully saturated rings. The highest BCUT2D eigenvalue weighted by Crippen LogP contribution is 2.23. The molecule has 18 heavy (non-hydrogen) atoms. The number of Topliss-reactive ketones (excluding diaryl/α,β-unsaturated/α-hetero) is 1. The summed E-state index contributed by atoms with van der Waals surface area (Å²) >= 11 is 0. The fourth-order valence-corrected chi connectivity index (χ4v) is 1.86. The summed E-state index contributed by atoms with van der Waals surface area (Å²) in [5, 5.41) is 0. The third-order valence-corrected chi connectivity index (χ3v) is 3.68. The number of ketones is 1. The Morgan fingerprint density at radius 1 is 1.22 bits per heavy atom. The summed E-state index contributed by atoms with van der Waals surface area (Å²) in [6.07, 6.45) is 0. The largest absolute Gasteiger partial charge is 0.296 e. The van der Waals surface area contributed by atoms with Gasteiger partial charge >= 0.3 is 0 Å². The standard InChI is InChI=1S/C16H25NO/c1-12-7-9-14(10-8-12)15(18)11-17(6)13(2)16(3,4)5/h7-10,13H,11H2,1-6H3. The van der Waals surface area contributed by atoms with Crippen LogP contribution in [0.5, 0.6) is 0 Å². The number of rotatable bonds is 4. The lowest BCUT2D eigenvalue weighted by atomic mass is 9.87. The molecule has 1 aromatic rings. The third kappa shape index (κ3) is 3.95. The Balaban J connectivity index is 2.68. The first kappa shape index (κ1) is 14.9. The first-order valence-electron chi connectivity index (χ1n) is 6.52. The predicted molar refractivity (Wildman–Crippen MR) is 77.1 cm³/mol. The van der Waals surface area contributed by atoms with Gasteiger partial charge in [0, 0.05) is 11.6 Å². The molecule has 0 N–H and O–H groups in total. The molecule has 1 aromatic carbocycles. The molecule has 2 heteroatoms. The molecule has 0 aromatic heterocycles. The topological polar surface area (TPSA) is 20.3 Å². The van der Waals surface area contributed by atoms with Crippen molar-refractivity contribution in [3.8, 4) is 0 Å². The van der Waals surface area contributed by atoms with Gasteiger partial charge in [-0.25, -0.2) is 0 Å². The van der Waals surface area contributed by atoms with Crippen LogP contribution in [0.3, 0.4) is 0 Å². The maximum absolute atomic E-state index is 12.2. The van der Waals surface area contributed by atoms with Gasteiger partial charge in [0.15, 0.2) is 5.78 Å². The van der Waals surface area contributed by atoms with E-state index in [4.69, 9.17) is 0 Å². The molecule has 0 saturated heterocycles. The second kappa shape index (κ2) is 5.66. The van der Waals surface area contributed by atoms with E-state index in [0.717, 1.165) is 5.56 Å². The van der Waals surface area contributed by atoms with Gasteiger partial charge in [-0.3, -0.25) is 9.69 Å². The Kier molecular flexibility index (Phi) is 4.69. The second-order valence-electron chi connectivity index (χ2n) is 6.25. The fourth-order valence-electron chi connectivity index (χ4n) is 1.86. The Hall–Kier alpha value is -1.15. The normalized spacial score (nSPS) is 13.7. The molecule has 1 unspecified atom stereocenters. The zero-order chi connectivity index (χ0) is 13.9. The van der Waals surface area contributed by atoms with E-state index < -0.39 is 0 Å². The molecule has 0 aliphatic heterocycles. The van der Waals surface area contributed by atoms with E-state index in [2.05, 4.69) is 32.6 Å². The Morgan fingerprint density at radius 2 is 1.72 bits per heavy atom. The lowest BCUT2D eigenvalue weighted by Crippen LogP contribution is -2.41. The van der Waals surface area contributed by atoms with Gasteiger partial charge < -0.3 is 0 Å². The van der Waals surface area contributed by atoms with Crippen molar-refractivity contribution in [3.05, 3.63) is 35.4 Å². The van der Waals surface area contributed by atoms with Gasteiger partial charge in [0.2, 0.25) is 0 Å². The molecule has 2 nitrogen and oxygen atoms in total. The van der Waals surface area contributed by atoms with Crippen LogP contribution in [0.15, 0.2) is 24.3 Å². The predicted octanol–water partition coefficient (Wildman–Crippen LogP) is 3.54. The summed E-state index contributed by atoms with van der Waals surface area (Å²) in [5.41, 5.74) is 2.17. The summed E-state index contributed by atoms with van der Waals surface area (Å²) in [7, 11) is 2.02. The zero-order valence-electron chi connectivity index (χ0n) is 12.4. The summed E-state index contributed by atoms with van der Waals surface area (Å²) in [5.74, 6) is 0.189. The van der Waals surface area contributed by atoms with Crippen molar-refractivity contribution in [1.29, 1.82) is 0 Å². The van der Waals surface area contributed by atoms with E-state index in [0.29, 0.717) is 12.6 Å². The fraction of sp³-hybridized carbons (Fsp3) is 0.562. The monoisotopic (exact) mass is 247 g/mol. The molecular formula is C16H25NO. The lowest BCUT2D eigenvalue weighted by molar-refractivity contribution is 0.0853. The van der Waals surface area contributed by atoms with E-state index in [-0.39, 0.29) is 11.2 Å². The van der Waals surface area contributed by atoms with E-state index >= 15 is 0 Å². The van der Waals surface area contributed by atoms with Gasteiger partial charge in [0.1, 0.15) is 0 Å². The van der Waals surface area contributed by atoms with Crippen LogP contribution < -0.4 is 0 Å². The maximum Gasteiger partial charge on any atom is 0.176 e. The number of hydrogen-bond acceptors (Lipinski definition) is 2. The van der Waals surface area contributed by atoms with Crippen LogP contribution in [0.1, 0.15) is 43.6 Å². The molecule has 0 radical (unpaired) electrons. The van der Waals surface area contributed by atoms with Crippen LogP contribution >= 0.6 is 0 Å². The Labute approximate surface area is 111 Å². The van der Waals surface area contributed by atoms with Gasteiger partial charge in [0.05, 0.1) is 6.54 Å². The van der Waals surface area contributed by atoms with Crippen molar-refractivity contribution in [2.75, 3.05) is 13.6 Å². The van der Waals surface area contributed by atoms with Gasteiger partial charge in [-0.2, -0.15) is 0 Å². The van der Waals surface area contributed by atoms with Crippen molar-refractivity contribution in [2.45, 2.75) is 40.7 Å². The highest BCUT2D eigenvalue weighted by molar-refractivity contribution is 5.97. The number of carbonyl (C=O) groups is 1. The first-order valence-corrected chi connectivity index (χ1v) is 6.52. The van der Waals surface area contributed by atoms with Crippen molar-refractivity contribution in [3.63, 3.8) is 0 Å². The van der Waals surface area contributed by atoms with Crippen LogP contribution in [-0.2, 0) is 0 Å². The number of hydrogen-bond donors (Lipinski definition) is 0. The molecule has 1 rings (SSSR count). The molecule has 0 aliphatic carbocycles.